The molecular formula is C20H21N3O3. The first-order valence-corrected chi connectivity index (χ1v) is 8.92. The molecule has 1 amide bonds. The topological polar surface area (TPSA) is 77.2 Å². The van der Waals surface area contributed by atoms with Crippen molar-refractivity contribution in [1.29, 1.82) is 0 Å². The number of oxazole rings is 1. The van der Waals surface area contributed by atoms with E-state index >= 15 is 0 Å². The molecule has 0 radical (unpaired) electrons. The third-order valence-electron chi connectivity index (χ3n) is 4.68. The molecule has 1 aliphatic rings. The van der Waals surface area contributed by atoms with Crippen LogP contribution in [0.1, 0.15) is 49.0 Å². The third kappa shape index (κ3) is 3.54. The molecule has 2 aromatic heterocycles. The summed E-state index contributed by atoms with van der Waals surface area (Å²) in [6.45, 7) is 2.29. The molecule has 1 fully saturated rings. The maximum atomic E-state index is 12.3. The molecule has 0 unspecified atom stereocenters. The minimum absolute atomic E-state index is 0.0272. The fraction of sp³-hybridized carbons (Fsp3) is 0.350. The summed E-state index contributed by atoms with van der Waals surface area (Å²) in [5.41, 5.74) is 1.19. The molecule has 0 aliphatic heterocycles. The molecule has 134 valence electrons. The summed E-state index contributed by atoms with van der Waals surface area (Å²) in [6.07, 6.45) is 7.28. The van der Waals surface area contributed by atoms with Crippen LogP contribution in [0.3, 0.4) is 0 Å². The summed E-state index contributed by atoms with van der Waals surface area (Å²) in [6, 6.07) is 9.54. The molecule has 3 aromatic rings. The SMILES string of the molecule is CCCC1(NC(=O)c2coc(COc3ccc4ncccc4c3)n2)CC1. The normalized spacial score (nSPS) is 15.0. The second-order valence-electron chi connectivity index (χ2n) is 6.76. The Hall–Kier alpha value is -2.89. The lowest BCUT2D eigenvalue weighted by Crippen LogP contribution is -2.36. The second-order valence-corrected chi connectivity index (χ2v) is 6.76. The van der Waals surface area contributed by atoms with Gasteiger partial charge in [-0.3, -0.25) is 9.78 Å². The largest absolute Gasteiger partial charge is 0.484 e. The minimum Gasteiger partial charge on any atom is -0.484 e. The summed E-state index contributed by atoms with van der Waals surface area (Å²) in [5, 5.41) is 4.09. The highest BCUT2D eigenvalue weighted by Gasteiger charge is 2.43. The Morgan fingerprint density at radius 1 is 1.35 bits per heavy atom. The second kappa shape index (κ2) is 6.78. The molecule has 0 atom stereocenters. The van der Waals surface area contributed by atoms with Crippen LogP contribution in [0.5, 0.6) is 5.75 Å². The Kier molecular flexibility index (Phi) is 4.32. The summed E-state index contributed by atoms with van der Waals surface area (Å²) >= 11 is 0. The number of rotatable bonds is 7. The van der Waals surface area contributed by atoms with Crippen molar-refractivity contribution in [3.63, 3.8) is 0 Å². The van der Waals surface area contributed by atoms with Gasteiger partial charge >= 0.3 is 0 Å². The number of fused-ring (bicyclic) bond motifs is 1. The van der Waals surface area contributed by atoms with E-state index < -0.39 is 0 Å². The van der Waals surface area contributed by atoms with Gasteiger partial charge in [-0.15, -0.1) is 0 Å². The molecule has 2 heterocycles. The van der Waals surface area contributed by atoms with Gasteiger partial charge in [-0.1, -0.05) is 19.4 Å². The van der Waals surface area contributed by atoms with Gasteiger partial charge in [0, 0.05) is 17.1 Å². The number of nitrogens with one attached hydrogen (secondary N) is 1. The van der Waals surface area contributed by atoms with Gasteiger partial charge < -0.3 is 14.5 Å². The Labute approximate surface area is 151 Å². The van der Waals surface area contributed by atoms with E-state index in [1.807, 2.05) is 30.3 Å². The molecule has 6 nitrogen and oxygen atoms in total. The Balaban J connectivity index is 1.37. The van der Waals surface area contributed by atoms with Gasteiger partial charge in [0.2, 0.25) is 5.89 Å². The highest BCUT2D eigenvalue weighted by atomic mass is 16.5. The van der Waals surface area contributed by atoms with Crippen molar-refractivity contribution in [2.24, 2.45) is 0 Å². The molecular weight excluding hydrogens is 330 g/mol. The summed E-state index contributed by atoms with van der Waals surface area (Å²) < 4.78 is 11.1. The molecule has 1 aliphatic carbocycles. The van der Waals surface area contributed by atoms with Crippen molar-refractivity contribution in [1.82, 2.24) is 15.3 Å². The van der Waals surface area contributed by atoms with Crippen LogP contribution in [0.2, 0.25) is 0 Å². The zero-order valence-corrected chi connectivity index (χ0v) is 14.7. The lowest BCUT2D eigenvalue weighted by Gasteiger charge is -2.14. The van der Waals surface area contributed by atoms with Crippen molar-refractivity contribution in [3.8, 4) is 5.75 Å². The van der Waals surface area contributed by atoms with Crippen molar-refractivity contribution < 1.29 is 13.9 Å². The Bertz CT molecular complexity index is 931. The first kappa shape index (κ1) is 16.6. The van der Waals surface area contributed by atoms with Gasteiger partial charge in [0.25, 0.3) is 5.91 Å². The Morgan fingerprint density at radius 2 is 2.23 bits per heavy atom. The number of hydrogen-bond acceptors (Lipinski definition) is 5. The highest BCUT2D eigenvalue weighted by molar-refractivity contribution is 5.92. The van der Waals surface area contributed by atoms with Crippen LogP contribution in [0.25, 0.3) is 10.9 Å². The van der Waals surface area contributed by atoms with E-state index in [1.165, 1.54) is 6.26 Å². The van der Waals surface area contributed by atoms with Gasteiger partial charge in [0.1, 0.15) is 12.0 Å². The number of ether oxygens (including phenoxy) is 1. The van der Waals surface area contributed by atoms with Crippen molar-refractivity contribution in [3.05, 3.63) is 54.4 Å². The number of carbonyl (C=O) groups is 1. The number of benzene rings is 1. The minimum atomic E-state index is -0.178. The maximum absolute atomic E-state index is 12.3. The van der Waals surface area contributed by atoms with Gasteiger partial charge in [-0.25, -0.2) is 4.98 Å². The summed E-state index contributed by atoms with van der Waals surface area (Å²) in [5.74, 6) is 0.902. The summed E-state index contributed by atoms with van der Waals surface area (Å²) in [4.78, 5) is 20.9. The number of carbonyl (C=O) groups excluding carboxylic acids is 1. The molecule has 4 rings (SSSR count). The molecule has 0 bridgehead atoms. The first-order chi connectivity index (χ1) is 12.7. The zero-order chi connectivity index (χ0) is 18.0. The molecule has 26 heavy (non-hydrogen) atoms. The number of aromatic nitrogens is 2. The molecule has 1 aromatic carbocycles. The van der Waals surface area contributed by atoms with E-state index in [4.69, 9.17) is 9.15 Å². The molecule has 6 heteroatoms. The van der Waals surface area contributed by atoms with Crippen LogP contribution in [-0.2, 0) is 6.61 Å². The Morgan fingerprint density at radius 3 is 3.04 bits per heavy atom. The first-order valence-electron chi connectivity index (χ1n) is 8.92. The predicted molar refractivity (Wildman–Crippen MR) is 96.9 cm³/mol. The van der Waals surface area contributed by atoms with Gasteiger partial charge in [0.05, 0.1) is 5.52 Å². The van der Waals surface area contributed by atoms with Crippen LogP contribution >= 0.6 is 0 Å². The van der Waals surface area contributed by atoms with E-state index in [0.717, 1.165) is 36.6 Å². The van der Waals surface area contributed by atoms with E-state index in [-0.39, 0.29) is 18.1 Å². The average Bonchev–Trinajstić information content (AvgIpc) is 3.23. The fourth-order valence-corrected chi connectivity index (χ4v) is 3.14. The van der Waals surface area contributed by atoms with Crippen LogP contribution in [0.4, 0.5) is 0 Å². The molecule has 1 N–H and O–H groups in total. The standard InChI is InChI=1S/C20H21N3O3/c1-2-7-20(8-9-20)23-19(24)17-12-26-18(22-17)13-25-15-5-6-16-14(11-15)4-3-10-21-16/h3-6,10-12H,2,7-9,13H2,1H3,(H,23,24). The highest BCUT2D eigenvalue weighted by Crippen LogP contribution is 2.39. The smallest absolute Gasteiger partial charge is 0.273 e. The lowest BCUT2D eigenvalue weighted by atomic mass is 10.1. The van der Waals surface area contributed by atoms with Crippen molar-refractivity contribution in [2.45, 2.75) is 44.8 Å². The van der Waals surface area contributed by atoms with Crippen LogP contribution in [-0.4, -0.2) is 21.4 Å². The average molecular weight is 351 g/mol. The van der Waals surface area contributed by atoms with Crippen molar-refractivity contribution >= 4 is 16.8 Å². The van der Waals surface area contributed by atoms with Crippen LogP contribution in [0, 0.1) is 0 Å². The number of hydrogen-bond donors (Lipinski definition) is 1. The van der Waals surface area contributed by atoms with Crippen LogP contribution < -0.4 is 10.1 Å². The molecule has 1 saturated carbocycles. The van der Waals surface area contributed by atoms with E-state index in [1.54, 1.807) is 6.20 Å². The number of nitrogens with zero attached hydrogens (tertiary/aromatic N) is 2. The van der Waals surface area contributed by atoms with E-state index in [9.17, 15) is 4.79 Å². The maximum Gasteiger partial charge on any atom is 0.273 e. The lowest BCUT2D eigenvalue weighted by molar-refractivity contribution is 0.0924. The van der Waals surface area contributed by atoms with Gasteiger partial charge in [-0.05, 0) is 43.5 Å². The molecule has 0 spiro atoms. The van der Waals surface area contributed by atoms with E-state index in [0.29, 0.717) is 17.3 Å². The number of pyridine rings is 1. The van der Waals surface area contributed by atoms with Gasteiger partial charge in [0.15, 0.2) is 12.3 Å². The number of amides is 1. The van der Waals surface area contributed by atoms with E-state index in [2.05, 4.69) is 22.2 Å². The third-order valence-corrected chi connectivity index (χ3v) is 4.68. The van der Waals surface area contributed by atoms with Crippen molar-refractivity contribution in [2.75, 3.05) is 0 Å². The molecule has 0 saturated heterocycles. The predicted octanol–water partition coefficient (Wildman–Crippen LogP) is 3.86. The monoisotopic (exact) mass is 351 g/mol. The fourth-order valence-electron chi connectivity index (χ4n) is 3.14. The zero-order valence-electron chi connectivity index (χ0n) is 14.7. The quantitative estimate of drug-likeness (QED) is 0.699. The van der Waals surface area contributed by atoms with Crippen LogP contribution in [0.15, 0.2) is 47.2 Å². The van der Waals surface area contributed by atoms with Gasteiger partial charge in [-0.2, -0.15) is 0 Å². The summed E-state index contributed by atoms with van der Waals surface area (Å²) in [7, 11) is 0.